The molecular formula is C16H31NO. The highest BCUT2D eigenvalue weighted by molar-refractivity contribution is 4.68. The van der Waals surface area contributed by atoms with E-state index in [2.05, 4.69) is 5.32 Å². The van der Waals surface area contributed by atoms with Gasteiger partial charge in [-0.3, -0.25) is 0 Å². The summed E-state index contributed by atoms with van der Waals surface area (Å²) < 4.78 is 5.93. The normalized spacial score (nSPS) is 23.3. The first-order chi connectivity index (χ1) is 8.95. The highest BCUT2D eigenvalue weighted by Gasteiger charge is 2.14. The zero-order chi connectivity index (χ0) is 12.5. The maximum Gasteiger partial charge on any atom is 0.0575 e. The molecule has 0 heterocycles. The molecule has 2 fully saturated rings. The lowest BCUT2D eigenvalue weighted by Crippen LogP contribution is -2.26. The minimum Gasteiger partial charge on any atom is -0.378 e. The summed E-state index contributed by atoms with van der Waals surface area (Å²) in [5.41, 5.74) is 0. The highest BCUT2D eigenvalue weighted by atomic mass is 16.5. The molecular weight excluding hydrogens is 222 g/mol. The van der Waals surface area contributed by atoms with Crippen LogP contribution in [0.15, 0.2) is 0 Å². The van der Waals surface area contributed by atoms with Crippen molar-refractivity contribution in [2.75, 3.05) is 19.7 Å². The SMILES string of the molecule is C1CCC(CNCCCOC2CCCCC2)CC1. The van der Waals surface area contributed by atoms with E-state index in [4.69, 9.17) is 4.74 Å². The van der Waals surface area contributed by atoms with Gasteiger partial charge in [0.15, 0.2) is 0 Å². The molecule has 0 aliphatic heterocycles. The molecule has 0 spiro atoms. The minimum atomic E-state index is 0.581. The molecule has 0 atom stereocenters. The molecule has 106 valence electrons. The molecule has 0 saturated heterocycles. The predicted molar refractivity (Wildman–Crippen MR) is 76.9 cm³/mol. The lowest BCUT2D eigenvalue weighted by atomic mass is 9.89. The molecule has 1 N–H and O–H groups in total. The molecule has 18 heavy (non-hydrogen) atoms. The summed E-state index contributed by atoms with van der Waals surface area (Å²) in [7, 11) is 0. The van der Waals surface area contributed by atoms with E-state index in [9.17, 15) is 0 Å². The van der Waals surface area contributed by atoms with Crippen molar-refractivity contribution >= 4 is 0 Å². The summed E-state index contributed by atoms with van der Waals surface area (Å²) in [4.78, 5) is 0. The average molecular weight is 253 g/mol. The van der Waals surface area contributed by atoms with E-state index in [0.717, 1.165) is 19.1 Å². The van der Waals surface area contributed by atoms with Gasteiger partial charge in [-0.1, -0.05) is 38.5 Å². The molecule has 0 radical (unpaired) electrons. The molecule has 2 heteroatoms. The number of ether oxygens (including phenoxy) is 1. The van der Waals surface area contributed by atoms with Crippen LogP contribution >= 0.6 is 0 Å². The third-order valence-electron chi connectivity index (χ3n) is 4.56. The third-order valence-corrected chi connectivity index (χ3v) is 4.56. The molecule has 0 aromatic carbocycles. The monoisotopic (exact) mass is 253 g/mol. The van der Waals surface area contributed by atoms with Crippen LogP contribution in [-0.2, 0) is 4.74 Å². The van der Waals surface area contributed by atoms with Crippen molar-refractivity contribution in [2.45, 2.75) is 76.7 Å². The zero-order valence-electron chi connectivity index (χ0n) is 12.0. The number of rotatable bonds is 7. The topological polar surface area (TPSA) is 21.3 Å². The first-order valence-corrected chi connectivity index (χ1v) is 8.27. The zero-order valence-corrected chi connectivity index (χ0v) is 12.0. The van der Waals surface area contributed by atoms with Gasteiger partial charge in [0.1, 0.15) is 0 Å². The van der Waals surface area contributed by atoms with Crippen molar-refractivity contribution in [3.8, 4) is 0 Å². The smallest absolute Gasteiger partial charge is 0.0575 e. The van der Waals surface area contributed by atoms with E-state index >= 15 is 0 Å². The molecule has 0 unspecified atom stereocenters. The van der Waals surface area contributed by atoms with Crippen molar-refractivity contribution in [1.29, 1.82) is 0 Å². The molecule has 2 nitrogen and oxygen atoms in total. The van der Waals surface area contributed by atoms with E-state index in [-0.39, 0.29) is 0 Å². The first kappa shape index (κ1) is 14.3. The fourth-order valence-corrected chi connectivity index (χ4v) is 3.38. The Hall–Kier alpha value is -0.0800. The predicted octanol–water partition coefficient (Wildman–Crippen LogP) is 3.90. The van der Waals surface area contributed by atoms with Crippen molar-refractivity contribution in [1.82, 2.24) is 5.32 Å². The lowest BCUT2D eigenvalue weighted by molar-refractivity contribution is 0.0272. The number of hydrogen-bond donors (Lipinski definition) is 1. The van der Waals surface area contributed by atoms with Gasteiger partial charge in [0.2, 0.25) is 0 Å². The Labute approximate surface area is 113 Å². The van der Waals surface area contributed by atoms with Gasteiger partial charge in [0.05, 0.1) is 6.10 Å². The largest absolute Gasteiger partial charge is 0.378 e. The third kappa shape index (κ3) is 5.71. The van der Waals surface area contributed by atoms with Crippen LogP contribution in [0.5, 0.6) is 0 Å². The number of hydrogen-bond acceptors (Lipinski definition) is 2. The van der Waals surface area contributed by atoms with Gasteiger partial charge in [0, 0.05) is 6.61 Å². The molecule has 0 aromatic rings. The van der Waals surface area contributed by atoms with Crippen LogP contribution in [0.2, 0.25) is 0 Å². The van der Waals surface area contributed by atoms with Crippen LogP contribution in [0.25, 0.3) is 0 Å². The van der Waals surface area contributed by atoms with Gasteiger partial charge in [-0.25, -0.2) is 0 Å². The van der Waals surface area contributed by atoms with Crippen LogP contribution in [0.4, 0.5) is 0 Å². The van der Waals surface area contributed by atoms with Crippen LogP contribution < -0.4 is 5.32 Å². The summed E-state index contributed by atoms with van der Waals surface area (Å²) in [6.07, 6.45) is 15.8. The molecule has 2 aliphatic carbocycles. The summed E-state index contributed by atoms with van der Waals surface area (Å²) >= 11 is 0. The van der Waals surface area contributed by atoms with E-state index in [0.29, 0.717) is 6.10 Å². The Morgan fingerprint density at radius 2 is 1.50 bits per heavy atom. The standard InChI is InChI=1S/C16H31NO/c1-3-8-15(9-4-1)14-17-12-7-13-18-16-10-5-2-6-11-16/h15-17H,1-14H2. The summed E-state index contributed by atoms with van der Waals surface area (Å²) in [5, 5.41) is 3.61. The molecule has 0 aromatic heterocycles. The quantitative estimate of drug-likeness (QED) is 0.695. The van der Waals surface area contributed by atoms with Gasteiger partial charge in [-0.05, 0) is 51.1 Å². The maximum atomic E-state index is 5.93. The lowest BCUT2D eigenvalue weighted by Gasteiger charge is -2.23. The van der Waals surface area contributed by atoms with E-state index in [1.165, 1.54) is 77.2 Å². The van der Waals surface area contributed by atoms with Gasteiger partial charge < -0.3 is 10.1 Å². The fourth-order valence-electron chi connectivity index (χ4n) is 3.38. The average Bonchev–Trinajstić information content (AvgIpc) is 2.45. The molecule has 0 amide bonds. The molecule has 2 rings (SSSR count). The van der Waals surface area contributed by atoms with E-state index < -0.39 is 0 Å². The Balaban J connectivity index is 1.39. The summed E-state index contributed by atoms with van der Waals surface area (Å²) in [6.45, 7) is 3.34. The van der Waals surface area contributed by atoms with Crippen molar-refractivity contribution < 1.29 is 4.74 Å². The van der Waals surface area contributed by atoms with Crippen LogP contribution in [-0.4, -0.2) is 25.8 Å². The number of nitrogens with one attached hydrogen (secondary N) is 1. The highest BCUT2D eigenvalue weighted by Crippen LogP contribution is 2.22. The molecule has 0 bridgehead atoms. The van der Waals surface area contributed by atoms with E-state index in [1.54, 1.807) is 0 Å². The van der Waals surface area contributed by atoms with Crippen molar-refractivity contribution in [3.63, 3.8) is 0 Å². The second-order valence-electron chi connectivity index (χ2n) is 6.19. The van der Waals surface area contributed by atoms with E-state index in [1.807, 2.05) is 0 Å². The second kappa shape index (κ2) is 8.92. The molecule has 2 saturated carbocycles. The summed E-state index contributed by atoms with van der Waals surface area (Å²) in [5.74, 6) is 0.956. The van der Waals surface area contributed by atoms with Gasteiger partial charge >= 0.3 is 0 Å². The van der Waals surface area contributed by atoms with Crippen LogP contribution in [0.3, 0.4) is 0 Å². The van der Waals surface area contributed by atoms with Gasteiger partial charge in [0.25, 0.3) is 0 Å². The van der Waals surface area contributed by atoms with Crippen molar-refractivity contribution in [3.05, 3.63) is 0 Å². The van der Waals surface area contributed by atoms with Gasteiger partial charge in [-0.2, -0.15) is 0 Å². The Bertz CT molecular complexity index is 173. The maximum absolute atomic E-state index is 5.93. The molecule has 2 aliphatic rings. The Morgan fingerprint density at radius 1 is 0.833 bits per heavy atom. The summed E-state index contributed by atoms with van der Waals surface area (Å²) in [6, 6.07) is 0. The second-order valence-corrected chi connectivity index (χ2v) is 6.19. The Kier molecular flexibility index (Phi) is 7.11. The Morgan fingerprint density at radius 3 is 2.22 bits per heavy atom. The van der Waals surface area contributed by atoms with Crippen LogP contribution in [0.1, 0.15) is 70.6 Å². The van der Waals surface area contributed by atoms with Gasteiger partial charge in [-0.15, -0.1) is 0 Å². The minimum absolute atomic E-state index is 0.581. The van der Waals surface area contributed by atoms with Crippen LogP contribution in [0, 0.1) is 5.92 Å². The van der Waals surface area contributed by atoms with Crippen molar-refractivity contribution in [2.24, 2.45) is 5.92 Å². The fraction of sp³-hybridized carbons (Fsp3) is 1.00. The first-order valence-electron chi connectivity index (χ1n) is 8.27.